The molecule has 0 aromatic carbocycles. The van der Waals surface area contributed by atoms with Crippen LogP contribution in [0.1, 0.15) is 56.1 Å². The molecule has 4 nitrogen and oxygen atoms in total. The van der Waals surface area contributed by atoms with Crippen LogP contribution in [0.4, 0.5) is 0 Å². The third-order valence-electron chi connectivity index (χ3n) is 3.35. The third kappa shape index (κ3) is 3.08. The summed E-state index contributed by atoms with van der Waals surface area (Å²) in [6, 6.07) is 0.423. The van der Waals surface area contributed by atoms with Gasteiger partial charge in [0.25, 0.3) is 0 Å². The van der Waals surface area contributed by atoms with Gasteiger partial charge in [-0.05, 0) is 38.7 Å². The topological polar surface area (TPSA) is 55.1 Å². The predicted molar refractivity (Wildman–Crippen MR) is 67.3 cm³/mol. The van der Waals surface area contributed by atoms with Gasteiger partial charge in [0.2, 0.25) is 0 Å². The molecule has 17 heavy (non-hydrogen) atoms. The van der Waals surface area contributed by atoms with Crippen LogP contribution in [0, 0.1) is 13.8 Å². The number of nitrogens with zero attached hydrogens (tertiary/aromatic N) is 2. The Morgan fingerprint density at radius 2 is 1.94 bits per heavy atom. The van der Waals surface area contributed by atoms with Crippen molar-refractivity contribution >= 4 is 5.97 Å². The normalized spacial score (nSPS) is 11.1. The first-order valence-corrected chi connectivity index (χ1v) is 6.27. The van der Waals surface area contributed by atoms with Crippen LogP contribution in [0.15, 0.2) is 0 Å². The Morgan fingerprint density at radius 1 is 1.35 bits per heavy atom. The minimum Gasteiger partial charge on any atom is -0.481 e. The molecule has 0 fully saturated rings. The van der Waals surface area contributed by atoms with Crippen molar-refractivity contribution in [3.05, 3.63) is 17.0 Å². The summed E-state index contributed by atoms with van der Waals surface area (Å²) < 4.78 is 2.06. The van der Waals surface area contributed by atoms with Crippen molar-refractivity contribution in [3.63, 3.8) is 0 Å². The van der Waals surface area contributed by atoms with Crippen molar-refractivity contribution in [2.24, 2.45) is 0 Å². The van der Waals surface area contributed by atoms with Crippen LogP contribution in [0.5, 0.6) is 0 Å². The fourth-order valence-corrected chi connectivity index (χ4v) is 2.28. The second-order valence-corrected chi connectivity index (χ2v) is 4.46. The number of aryl methyl sites for hydroxylation is 1. The van der Waals surface area contributed by atoms with Crippen molar-refractivity contribution < 1.29 is 9.90 Å². The molecule has 4 heteroatoms. The second kappa shape index (κ2) is 5.84. The second-order valence-electron chi connectivity index (χ2n) is 4.46. The summed E-state index contributed by atoms with van der Waals surface area (Å²) in [5, 5.41) is 13.3. The van der Waals surface area contributed by atoms with E-state index in [1.165, 1.54) is 0 Å². The van der Waals surface area contributed by atoms with Gasteiger partial charge in [-0.25, -0.2) is 0 Å². The molecule has 1 N–H and O–H groups in total. The van der Waals surface area contributed by atoms with E-state index in [0.29, 0.717) is 12.5 Å². The van der Waals surface area contributed by atoms with E-state index in [9.17, 15) is 4.79 Å². The van der Waals surface area contributed by atoms with Crippen LogP contribution in [0.2, 0.25) is 0 Å². The minimum absolute atomic E-state index is 0.177. The lowest BCUT2D eigenvalue weighted by molar-refractivity contribution is -0.136. The first-order valence-electron chi connectivity index (χ1n) is 6.27. The molecular formula is C13H22N2O2. The van der Waals surface area contributed by atoms with E-state index in [-0.39, 0.29) is 6.42 Å². The third-order valence-corrected chi connectivity index (χ3v) is 3.35. The fraction of sp³-hybridized carbons (Fsp3) is 0.692. The number of aliphatic carboxylic acids is 1. The largest absolute Gasteiger partial charge is 0.481 e. The number of hydrogen-bond acceptors (Lipinski definition) is 2. The lowest BCUT2D eigenvalue weighted by Crippen LogP contribution is -2.10. The standard InChI is InChI=1S/C13H22N2O2/c1-5-11(6-2)15-10(4)12(9(3)14-15)7-8-13(16)17/h11H,5-8H2,1-4H3,(H,16,17). The Kier molecular flexibility index (Phi) is 4.73. The van der Waals surface area contributed by atoms with Crippen molar-refractivity contribution in [1.82, 2.24) is 9.78 Å². The zero-order chi connectivity index (χ0) is 13.0. The van der Waals surface area contributed by atoms with E-state index in [4.69, 9.17) is 5.11 Å². The molecule has 0 atom stereocenters. The van der Waals surface area contributed by atoms with Gasteiger partial charge in [-0.1, -0.05) is 13.8 Å². The molecule has 0 saturated heterocycles. The summed E-state index contributed by atoms with van der Waals surface area (Å²) in [6.07, 6.45) is 2.86. The summed E-state index contributed by atoms with van der Waals surface area (Å²) in [6.45, 7) is 8.31. The highest BCUT2D eigenvalue weighted by molar-refractivity contribution is 5.67. The summed E-state index contributed by atoms with van der Waals surface area (Å²) in [5.74, 6) is -0.751. The van der Waals surface area contributed by atoms with E-state index in [0.717, 1.165) is 29.8 Å². The molecule has 0 radical (unpaired) electrons. The Bertz CT molecular complexity index is 392. The SMILES string of the molecule is CCC(CC)n1nc(C)c(CCC(=O)O)c1C. The zero-order valence-corrected chi connectivity index (χ0v) is 11.2. The molecule has 0 unspecified atom stereocenters. The molecule has 96 valence electrons. The van der Waals surface area contributed by atoms with Gasteiger partial charge >= 0.3 is 5.97 Å². The maximum atomic E-state index is 10.6. The van der Waals surface area contributed by atoms with E-state index < -0.39 is 5.97 Å². The Morgan fingerprint density at radius 3 is 2.41 bits per heavy atom. The smallest absolute Gasteiger partial charge is 0.303 e. The maximum Gasteiger partial charge on any atom is 0.303 e. The molecule has 0 spiro atoms. The van der Waals surface area contributed by atoms with Crippen LogP contribution in [-0.4, -0.2) is 20.9 Å². The fourth-order valence-electron chi connectivity index (χ4n) is 2.28. The van der Waals surface area contributed by atoms with Crippen molar-refractivity contribution in [1.29, 1.82) is 0 Å². The van der Waals surface area contributed by atoms with Gasteiger partial charge in [-0.2, -0.15) is 5.10 Å². The maximum absolute atomic E-state index is 10.6. The van der Waals surface area contributed by atoms with E-state index in [2.05, 4.69) is 23.6 Å². The summed E-state index contributed by atoms with van der Waals surface area (Å²) >= 11 is 0. The molecule has 0 aliphatic rings. The molecule has 1 aromatic rings. The molecule has 1 heterocycles. The van der Waals surface area contributed by atoms with Crippen LogP contribution in [0.25, 0.3) is 0 Å². The quantitative estimate of drug-likeness (QED) is 0.829. The highest BCUT2D eigenvalue weighted by Crippen LogP contribution is 2.22. The van der Waals surface area contributed by atoms with E-state index >= 15 is 0 Å². The van der Waals surface area contributed by atoms with Crippen LogP contribution >= 0.6 is 0 Å². The number of carbonyl (C=O) groups is 1. The van der Waals surface area contributed by atoms with Gasteiger partial charge in [0.15, 0.2) is 0 Å². The zero-order valence-electron chi connectivity index (χ0n) is 11.2. The molecule has 0 aliphatic carbocycles. The first-order chi connectivity index (χ1) is 8.01. The number of carboxylic acid groups (broad SMARTS) is 1. The molecule has 0 aliphatic heterocycles. The van der Waals surface area contributed by atoms with Crippen LogP contribution in [-0.2, 0) is 11.2 Å². The number of carboxylic acids is 1. The van der Waals surface area contributed by atoms with Gasteiger partial charge in [0.1, 0.15) is 0 Å². The molecular weight excluding hydrogens is 216 g/mol. The molecule has 0 saturated carbocycles. The van der Waals surface area contributed by atoms with E-state index in [1.807, 2.05) is 13.8 Å². The molecule has 1 rings (SSSR count). The summed E-state index contributed by atoms with van der Waals surface area (Å²) in [4.78, 5) is 10.6. The number of hydrogen-bond donors (Lipinski definition) is 1. The Balaban J connectivity index is 2.96. The first kappa shape index (κ1) is 13.7. The van der Waals surface area contributed by atoms with E-state index in [1.54, 1.807) is 0 Å². The van der Waals surface area contributed by atoms with Crippen molar-refractivity contribution in [2.45, 2.75) is 59.4 Å². The lowest BCUT2D eigenvalue weighted by Gasteiger charge is -2.15. The minimum atomic E-state index is -0.751. The van der Waals surface area contributed by atoms with Crippen molar-refractivity contribution in [2.75, 3.05) is 0 Å². The van der Waals surface area contributed by atoms with Crippen molar-refractivity contribution in [3.8, 4) is 0 Å². The summed E-state index contributed by atoms with van der Waals surface area (Å²) in [5.41, 5.74) is 3.19. The highest BCUT2D eigenvalue weighted by atomic mass is 16.4. The van der Waals surface area contributed by atoms with Gasteiger partial charge in [-0.15, -0.1) is 0 Å². The average Bonchev–Trinajstić information content (AvgIpc) is 2.54. The Labute approximate surface area is 103 Å². The monoisotopic (exact) mass is 238 g/mol. The summed E-state index contributed by atoms with van der Waals surface area (Å²) in [7, 11) is 0. The highest BCUT2D eigenvalue weighted by Gasteiger charge is 2.16. The van der Waals surface area contributed by atoms with Gasteiger partial charge < -0.3 is 5.11 Å². The molecule has 1 aromatic heterocycles. The molecule has 0 amide bonds. The Hall–Kier alpha value is -1.32. The predicted octanol–water partition coefficient (Wildman–Crippen LogP) is 2.88. The lowest BCUT2D eigenvalue weighted by atomic mass is 10.1. The average molecular weight is 238 g/mol. The van der Waals surface area contributed by atoms with Gasteiger partial charge in [0.05, 0.1) is 11.7 Å². The van der Waals surface area contributed by atoms with Crippen LogP contribution in [0.3, 0.4) is 0 Å². The number of rotatable bonds is 6. The number of aromatic nitrogens is 2. The molecule has 0 bridgehead atoms. The van der Waals surface area contributed by atoms with Crippen LogP contribution < -0.4 is 0 Å². The van der Waals surface area contributed by atoms with Gasteiger partial charge in [0, 0.05) is 12.1 Å². The van der Waals surface area contributed by atoms with Gasteiger partial charge in [-0.3, -0.25) is 9.48 Å².